The molecule has 0 saturated carbocycles. The number of nitrogens with one attached hydrogen (secondary N) is 2. The molecule has 96 valence electrons. The Morgan fingerprint density at radius 3 is 2.82 bits per heavy atom. The fourth-order valence-electron chi connectivity index (χ4n) is 1.44. The normalized spacial score (nSPS) is 23.5. The first kappa shape index (κ1) is 13.7. The summed E-state index contributed by atoms with van der Waals surface area (Å²) in [5, 5.41) is 6.42. The van der Waals surface area contributed by atoms with Gasteiger partial charge in [-0.15, -0.1) is 0 Å². The van der Waals surface area contributed by atoms with Gasteiger partial charge in [0, 0.05) is 19.0 Å². The van der Waals surface area contributed by atoms with Crippen molar-refractivity contribution >= 4 is 12.7 Å². The zero-order valence-corrected chi connectivity index (χ0v) is 10.6. The zero-order chi connectivity index (χ0) is 12.5. The molecule has 2 N–H and O–H groups in total. The predicted octanol–water partition coefficient (Wildman–Crippen LogP) is 1.14. The quantitative estimate of drug-likeness (QED) is 0.414. The van der Waals surface area contributed by atoms with Crippen molar-refractivity contribution in [3.05, 3.63) is 12.3 Å². The largest absolute Gasteiger partial charge is 0.476 e. The minimum atomic E-state index is -0.174. The Kier molecular flexibility index (Phi) is 6.32. The van der Waals surface area contributed by atoms with Crippen LogP contribution in [0.3, 0.4) is 0 Å². The first-order valence-corrected chi connectivity index (χ1v) is 6.09. The van der Waals surface area contributed by atoms with Crippen molar-refractivity contribution < 1.29 is 4.74 Å². The van der Waals surface area contributed by atoms with Gasteiger partial charge in [0.15, 0.2) is 6.23 Å². The molecule has 0 saturated heterocycles. The topological polar surface area (TPSA) is 58.0 Å². The maximum absolute atomic E-state index is 5.33. The summed E-state index contributed by atoms with van der Waals surface area (Å²) in [4.78, 5) is 8.21. The molecule has 0 aromatic rings. The highest BCUT2D eigenvalue weighted by atomic mass is 16.5. The van der Waals surface area contributed by atoms with Gasteiger partial charge in [-0.1, -0.05) is 13.8 Å². The SMILES string of the molecule is C=NC(=NC1OC=CC1C)NCCNCCC. The highest BCUT2D eigenvalue weighted by Crippen LogP contribution is 2.17. The molecule has 0 radical (unpaired) electrons. The third kappa shape index (κ3) is 4.99. The van der Waals surface area contributed by atoms with E-state index in [9.17, 15) is 0 Å². The van der Waals surface area contributed by atoms with E-state index >= 15 is 0 Å². The van der Waals surface area contributed by atoms with Gasteiger partial charge in [0.25, 0.3) is 0 Å². The molecule has 0 fully saturated rings. The molecule has 1 heterocycles. The van der Waals surface area contributed by atoms with Gasteiger partial charge in [-0.05, 0) is 25.8 Å². The van der Waals surface area contributed by atoms with Crippen LogP contribution < -0.4 is 10.6 Å². The van der Waals surface area contributed by atoms with E-state index < -0.39 is 0 Å². The second-order valence-corrected chi connectivity index (χ2v) is 4.00. The van der Waals surface area contributed by atoms with Crippen molar-refractivity contribution in [1.29, 1.82) is 0 Å². The van der Waals surface area contributed by atoms with Crippen molar-refractivity contribution in [2.24, 2.45) is 15.9 Å². The summed E-state index contributed by atoms with van der Waals surface area (Å²) < 4.78 is 5.33. The Labute approximate surface area is 103 Å². The molecule has 0 aromatic heterocycles. The van der Waals surface area contributed by atoms with Gasteiger partial charge in [0.1, 0.15) is 0 Å². The summed E-state index contributed by atoms with van der Waals surface area (Å²) in [7, 11) is 0. The van der Waals surface area contributed by atoms with Crippen molar-refractivity contribution in [2.45, 2.75) is 26.5 Å². The Morgan fingerprint density at radius 1 is 1.41 bits per heavy atom. The molecule has 0 aliphatic carbocycles. The second-order valence-electron chi connectivity index (χ2n) is 4.00. The number of guanidine groups is 1. The Morgan fingerprint density at radius 2 is 2.24 bits per heavy atom. The smallest absolute Gasteiger partial charge is 0.220 e. The molecule has 0 spiro atoms. The van der Waals surface area contributed by atoms with Gasteiger partial charge in [-0.2, -0.15) is 0 Å². The Hall–Kier alpha value is -1.36. The molecule has 0 aromatic carbocycles. The lowest BCUT2D eigenvalue weighted by atomic mass is 10.2. The summed E-state index contributed by atoms with van der Waals surface area (Å²) >= 11 is 0. The Balaban J connectivity index is 2.27. The van der Waals surface area contributed by atoms with Crippen molar-refractivity contribution in [1.82, 2.24) is 10.6 Å². The highest BCUT2D eigenvalue weighted by molar-refractivity contribution is 5.84. The molecule has 2 unspecified atom stereocenters. The number of rotatable bonds is 6. The summed E-state index contributed by atoms with van der Waals surface area (Å²) in [6.07, 6.45) is 4.63. The summed E-state index contributed by atoms with van der Waals surface area (Å²) in [5.74, 6) is 0.829. The molecule has 0 bridgehead atoms. The second kappa shape index (κ2) is 7.84. The van der Waals surface area contributed by atoms with Crippen LogP contribution in [-0.4, -0.2) is 38.5 Å². The number of nitrogens with zero attached hydrogens (tertiary/aromatic N) is 2. The van der Waals surface area contributed by atoms with E-state index in [2.05, 4.69) is 41.2 Å². The number of ether oxygens (including phenoxy) is 1. The van der Waals surface area contributed by atoms with Gasteiger partial charge < -0.3 is 15.4 Å². The monoisotopic (exact) mass is 238 g/mol. The van der Waals surface area contributed by atoms with Crippen LogP contribution >= 0.6 is 0 Å². The average molecular weight is 238 g/mol. The van der Waals surface area contributed by atoms with Gasteiger partial charge in [0.2, 0.25) is 5.96 Å². The lowest BCUT2D eigenvalue weighted by Gasteiger charge is -2.12. The van der Waals surface area contributed by atoms with Crippen LogP contribution in [0.25, 0.3) is 0 Å². The lowest BCUT2D eigenvalue weighted by molar-refractivity contribution is 0.149. The molecule has 1 aliphatic rings. The molecule has 1 rings (SSSR count). The van der Waals surface area contributed by atoms with Crippen LogP contribution in [0.1, 0.15) is 20.3 Å². The van der Waals surface area contributed by atoms with Crippen LogP contribution in [0, 0.1) is 5.92 Å². The van der Waals surface area contributed by atoms with Crippen molar-refractivity contribution in [3.8, 4) is 0 Å². The van der Waals surface area contributed by atoms with Crippen LogP contribution in [0.5, 0.6) is 0 Å². The Bertz CT molecular complexity index is 288. The standard InChI is InChI=1S/C12H22N4O/c1-4-6-14-7-8-15-12(13-3)16-11-10(2)5-9-17-11/h5,9-11,14H,3-4,6-8H2,1-2H3,(H,15,16). The molecule has 2 atom stereocenters. The molecule has 0 amide bonds. The van der Waals surface area contributed by atoms with Gasteiger partial charge in [-0.25, -0.2) is 9.98 Å². The molecule has 1 aliphatic heterocycles. The van der Waals surface area contributed by atoms with E-state index in [4.69, 9.17) is 4.74 Å². The van der Waals surface area contributed by atoms with Crippen LogP contribution in [0.2, 0.25) is 0 Å². The zero-order valence-electron chi connectivity index (χ0n) is 10.6. The van der Waals surface area contributed by atoms with E-state index in [-0.39, 0.29) is 12.1 Å². The van der Waals surface area contributed by atoms with Gasteiger partial charge in [0.05, 0.1) is 6.26 Å². The lowest BCUT2D eigenvalue weighted by Crippen LogP contribution is -2.32. The van der Waals surface area contributed by atoms with E-state index in [0.29, 0.717) is 5.96 Å². The molecule has 5 heteroatoms. The molecule has 17 heavy (non-hydrogen) atoms. The third-order valence-electron chi connectivity index (χ3n) is 2.46. The first-order chi connectivity index (χ1) is 8.27. The molecular formula is C12H22N4O. The fraction of sp³-hybridized carbons (Fsp3) is 0.667. The summed E-state index contributed by atoms with van der Waals surface area (Å²) in [5.41, 5.74) is 0. The first-order valence-electron chi connectivity index (χ1n) is 6.09. The minimum Gasteiger partial charge on any atom is -0.476 e. The van der Waals surface area contributed by atoms with E-state index in [0.717, 1.165) is 26.1 Å². The van der Waals surface area contributed by atoms with Gasteiger partial charge in [-0.3, -0.25) is 0 Å². The van der Waals surface area contributed by atoms with Gasteiger partial charge >= 0.3 is 0 Å². The maximum atomic E-state index is 5.33. The van der Waals surface area contributed by atoms with Crippen molar-refractivity contribution in [3.63, 3.8) is 0 Å². The van der Waals surface area contributed by atoms with E-state index in [1.807, 2.05) is 6.08 Å². The number of hydrogen-bond acceptors (Lipinski definition) is 3. The van der Waals surface area contributed by atoms with Crippen molar-refractivity contribution in [2.75, 3.05) is 19.6 Å². The number of hydrogen-bond donors (Lipinski definition) is 2. The number of aliphatic imine (C=N–C) groups is 2. The summed E-state index contributed by atoms with van der Waals surface area (Å²) in [6.45, 7) is 10.4. The third-order valence-corrected chi connectivity index (χ3v) is 2.46. The average Bonchev–Trinajstić information content (AvgIpc) is 2.73. The fourth-order valence-corrected chi connectivity index (χ4v) is 1.44. The predicted molar refractivity (Wildman–Crippen MR) is 71.3 cm³/mol. The molecular weight excluding hydrogens is 216 g/mol. The molecule has 5 nitrogen and oxygen atoms in total. The van der Waals surface area contributed by atoms with E-state index in [1.165, 1.54) is 0 Å². The summed E-state index contributed by atoms with van der Waals surface area (Å²) in [6, 6.07) is 0. The maximum Gasteiger partial charge on any atom is 0.220 e. The van der Waals surface area contributed by atoms with Crippen LogP contribution in [0.15, 0.2) is 22.3 Å². The van der Waals surface area contributed by atoms with E-state index in [1.54, 1.807) is 6.26 Å². The highest BCUT2D eigenvalue weighted by Gasteiger charge is 2.19. The van der Waals surface area contributed by atoms with Crippen LogP contribution in [0.4, 0.5) is 0 Å². The minimum absolute atomic E-state index is 0.174. The van der Waals surface area contributed by atoms with Crippen LogP contribution in [-0.2, 0) is 4.74 Å².